The monoisotopic (exact) mass is 389 g/mol. The van der Waals surface area contributed by atoms with E-state index in [0.29, 0.717) is 12.5 Å². The SMILES string of the molecule is CN=C(NCc1cccc(Oc2ccccc2)c1)N1CCC(c2cnn(C)c2)C1. The Hall–Kier alpha value is -3.28. The van der Waals surface area contributed by atoms with Crippen LogP contribution in [0.15, 0.2) is 72.0 Å². The quantitative estimate of drug-likeness (QED) is 0.533. The fourth-order valence-electron chi connectivity index (χ4n) is 3.73. The number of hydrogen-bond acceptors (Lipinski definition) is 3. The van der Waals surface area contributed by atoms with Gasteiger partial charge in [0, 0.05) is 45.8 Å². The van der Waals surface area contributed by atoms with E-state index < -0.39 is 0 Å². The Morgan fingerprint density at radius 2 is 2.00 bits per heavy atom. The molecule has 0 radical (unpaired) electrons. The van der Waals surface area contributed by atoms with Gasteiger partial charge in [0.2, 0.25) is 0 Å². The number of aliphatic imine (C=N–C) groups is 1. The molecule has 6 nitrogen and oxygen atoms in total. The van der Waals surface area contributed by atoms with Gasteiger partial charge in [-0.25, -0.2) is 0 Å². The molecule has 150 valence electrons. The fraction of sp³-hybridized carbons (Fsp3) is 0.304. The molecule has 1 unspecified atom stereocenters. The summed E-state index contributed by atoms with van der Waals surface area (Å²) in [6.45, 7) is 2.66. The topological polar surface area (TPSA) is 54.7 Å². The molecule has 0 amide bonds. The van der Waals surface area contributed by atoms with E-state index in [1.165, 1.54) is 5.56 Å². The van der Waals surface area contributed by atoms with Crippen LogP contribution in [0, 0.1) is 0 Å². The zero-order chi connectivity index (χ0) is 20.1. The van der Waals surface area contributed by atoms with Crippen LogP contribution in [0.2, 0.25) is 0 Å². The molecule has 0 aliphatic carbocycles. The Morgan fingerprint density at radius 1 is 1.17 bits per heavy atom. The molecule has 0 saturated carbocycles. The summed E-state index contributed by atoms with van der Waals surface area (Å²) in [7, 11) is 3.81. The molecule has 2 heterocycles. The first-order valence-corrected chi connectivity index (χ1v) is 9.97. The largest absolute Gasteiger partial charge is 0.457 e. The summed E-state index contributed by atoms with van der Waals surface area (Å²) in [5, 5.41) is 7.80. The van der Waals surface area contributed by atoms with E-state index in [4.69, 9.17) is 4.74 Å². The maximum absolute atomic E-state index is 5.94. The number of nitrogens with one attached hydrogen (secondary N) is 1. The van der Waals surface area contributed by atoms with Gasteiger partial charge in [-0.2, -0.15) is 5.10 Å². The normalized spacial score (nSPS) is 16.8. The van der Waals surface area contributed by atoms with E-state index in [0.717, 1.165) is 42.5 Å². The number of guanidine groups is 1. The molecule has 1 aromatic heterocycles. The van der Waals surface area contributed by atoms with Gasteiger partial charge in [0.05, 0.1) is 6.20 Å². The van der Waals surface area contributed by atoms with Crippen LogP contribution in [-0.4, -0.2) is 40.8 Å². The van der Waals surface area contributed by atoms with Crippen molar-refractivity contribution in [2.24, 2.45) is 12.0 Å². The number of para-hydroxylation sites is 1. The lowest BCUT2D eigenvalue weighted by molar-refractivity contribution is 0.479. The molecule has 0 spiro atoms. The van der Waals surface area contributed by atoms with Crippen LogP contribution in [0.3, 0.4) is 0 Å². The molecule has 29 heavy (non-hydrogen) atoms. The van der Waals surface area contributed by atoms with Crippen molar-refractivity contribution in [1.82, 2.24) is 20.0 Å². The average molecular weight is 390 g/mol. The first kappa shape index (κ1) is 19.1. The molecule has 4 rings (SSSR count). The smallest absolute Gasteiger partial charge is 0.193 e. The summed E-state index contributed by atoms with van der Waals surface area (Å²) in [5.74, 6) is 3.12. The van der Waals surface area contributed by atoms with Crippen molar-refractivity contribution < 1.29 is 4.74 Å². The van der Waals surface area contributed by atoms with Crippen LogP contribution in [0.1, 0.15) is 23.5 Å². The van der Waals surface area contributed by atoms with Gasteiger partial charge >= 0.3 is 0 Å². The fourth-order valence-corrected chi connectivity index (χ4v) is 3.73. The van der Waals surface area contributed by atoms with Crippen LogP contribution in [0.25, 0.3) is 0 Å². The van der Waals surface area contributed by atoms with Crippen molar-refractivity contribution in [2.45, 2.75) is 18.9 Å². The second kappa shape index (κ2) is 8.82. The van der Waals surface area contributed by atoms with E-state index in [9.17, 15) is 0 Å². The van der Waals surface area contributed by atoms with Gasteiger partial charge in [-0.1, -0.05) is 30.3 Å². The molecule has 1 N–H and O–H groups in total. The minimum Gasteiger partial charge on any atom is -0.457 e. The third-order valence-corrected chi connectivity index (χ3v) is 5.22. The number of benzene rings is 2. The van der Waals surface area contributed by atoms with Gasteiger partial charge in [0.25, 0.3) is 0 Å². The number of likely N-dealkylation sites (tertiary alicyclic amines) is 1. The Balaban J connectivity index is 1.35. The second-order valence-corrected chi connectivity index (χ2v) is 7.34. The number of ether oxygens (including phenoxy) is 1. The van der Waals surface area contributed by atoms with Gasteiger partial charge in [-0.15, -0.1) is 0 Å². The molecule has 2 aromatic carbocycles. The minimum atomic E-state index is 0.504. The van der Waals surface area contributed by atoms with Crippen molar-refractivity contribution >= 4 is 5.96 Å². The number of aromatic nitrogens is 2. The van der Waals surface area contributed by atoms with Gasteiger partial charge in [0.1, 0.15) is 11.5 Å². The van der Waals surface area contributed by atoms with E-state index in [-0.39, 0.29) is 0 Å². The summed E-state index contributed by atoms with van der Waals surface area (Å²) in [6, 6.07) is 18.0. The average Bonchev–Trinajstić information content (AvgIpc) is 3.39. The van der Waals surface area contributed by atoms with Crippen LogP contribution < -0.4 is 10.1 Å². The highest BCUT2D eigenvalue weighted by atomic mass is 16.5. The highest BCUT2D eigenvalue weighted by Crippen LogP contribution is 2.27. The Bertz CT molecular complexity index is 966. The number of hydrogen-bond donors (Lipinski definition) is 1. The molecule has 1 aliphatic heterocycles. The lowest BCUT2D eigenvalue weighted by atomic mass is 10.0. The Kier molecular flexibility index (Phi) is 5.79. The molecular formula is C23H27N5O. The predicted octanol–water partition coefficient (Wildman–Crippen LogP) is 3.78. The Morgan fingerprint density at radius 3 is 2.76 bits per heavy atom. The van der Waals surface area contributed by atoms with Crippen molar-refractivity contribution in [2.75, 3.05) is 20.1 Å². The molecule has 3 aromatic rings. The summed E-state index contributed by atoms with van der Waals surface area (Å²) in [6.07, 6.45) is 5.21. The lowest BCUT2D eigenvalue weighted by Gasteiger charge is -2.21. The van der Waals surface area contributed by atoms with Crippen molar-refractivity contribution in [3.63, 3.8) is 0 Å². The van der Waals surface area contributed by atoms with Crippen LogP contribution in [-0.2, 0) is 13.6 Å². The first-order chi connectivity index (χ1) is 14.2. The van der Waals surface area contributed by atoms with Crippen molar-refractivity contribution in [1.29, 1.82) is 0 Å². The molecule has 1 saturated heterocycles. The maximum Gasteiger partial charge on any atom is 0.193 e. The molecule has 1 atom stereocenters. The lowest BCUT2D eigenvalue weighted by Crippen LogP contribution is -2.39. The summed E-state index contributed by atoms with van der Waals surface area (Å²) < 4.78 is 7.81. The zero-order valence-electron chi connectivity index (χ0n) is 17.0. The van der Waals surface area contributed by atoms with Crippen LogP contribution in [0.5, 0.6) is 11.5 Å². The molecule has 6 heteroatoms. The highest BCUT2D eigenvalue weighted by Gasteiger charge is 2.26. The minimum absolute atomic E-state index is 0.504. The summed E-state index contributed by atoms with van der Waals surface area (Å²) in [5.41, 5.74) is 2.46. The van der Waals surface area contributed by atoms with E-state index >= 15 is 0 Å². The number of nitrogens with zero attached hydrogens (tertiary/aromatic N) is 4. The van der Waals surface area contributed by atoms with Gasteiger partial charge in [-0.05, 0) is 41.8 Å². The van der Waals surface area contributed by atoms with Gasteiger partial charge < -0.3 is 15.0 Å². The van der Waals surface area contributed by atoms with Crippen molar-refractivity contribution in [3.05, 3.63) is 78.1 Å². The van der Waals surface area contributed by atoms with Crippen LogP contribution >= 0.6 is 0 Å². The van der Waals surface area contributed by atoms with Gasteiger partial charge in [-0.3, -0.25) is 9.67 Å². The second-order valence-electron chi connectivity index (χ2n) is 7.34. The number of rotatable bonds is 5. The summed E-state index contributed by atoms with van der Waals surface area (Å²) >= 11 is 0. The molecule has 0 bridgehead atoms. The highest BCUT2D eigenvalue weighted by molar-refractivity contribution is 5.80. The zero-order valence-corrected chi connectivity index (χ0v) is 17.0. The Labute approximate surface area is 171 Å². The molecular weight excluding hydrogens is 362 g/mol. The van der Waals surface area contributed by atoms with Crippen molar-refractivity contribution in [3.8, 4) is 11.5 Å². The first-order valence-electron chi connectivity index (χ1n) is 9.97. The standard InChI is InChI=1S/C23H27N5O/c1-24-23(28-12-11-19(17-28)20-15-26-27(2)16-20)25-14-18-7-6-10-22(13-18)29-21-8-4-3-5-9-21/h3-10,13,15-16,19H,11-12,14,17H2,1-2H3,(H,24,25). The molecule has 1 aliphatic rings. The van der Waals surface area contributed by atoms with E-state index in [1.807, 2.05) is 67.4 Å². The van der Waals surface area contributed by atoms with Gasteiger partial charge in [0.15, 0.2) is 5.96 Å². The molecule has 1 fully saturated rings. The van der Waals surface area contributed by atoms with E-state index in [1.54, 1.807) is 0 Å². The summed E-state index contributed by atoms with van der Waals surface area (Å²) in [4.78, 5) is 6.81. The maximum atomic E-state index is 5.94. The number of aryl methyl sites for hydroxylation is 1. The third kappa shape index (κ3) is 4.77. The third-order valence-electron chi connectivity index (χ3n) is 5.22. The van der Waals surface area contributed by atoms with Crippen LogP contribution in [0.4, 0.5) is 0 Å². The predicted molar refractivity (Wildman–Crippen MR) is 115 cm³/mol. The van der Waals surface area contributed by atoms with E-state index in [2.05, 4.69) is 38.6 Å².